The van der Waals surface area contributed by atoms with E-state index in [1.54, 1.807) is 0 Å². The van der Waals surface area contributed by atoms with E-state index in [9.17, 15) is 5.11 Å². The van der Waals surface area contributed by atoms with Gasteiger partial charge >= 0.3 is 0 Å². The van der Waals surface area contributed by atoms with E-state index in [2.05, 4.69) is 21.2 Å². The Kier molecular flexibility index (Phi) is 5.70. The highest BCUT2D eigenvalue weighted by Crippen LogP contribution is 2.35. The lowest BCUT2D eigenvalue weighted by atomic mass is 9.74. The van der Waals surface area contributed by atoms with Crippen LogP contribution in [0.4, 0.5) is 0 Å². The van der Waals surface area contributed by atoms with Gasteiger partial charge in [0, 0.05) is 29.6 Å². The number of hydrogen-bond acceptors (Lipinski definition) is 2. The Hall–Kier alpha value is -0.0900. The largest absolute Gasteiger partial charge is 0.396 e. The minimum atomic E-state index is 0.0991. The molecular weight excluding hydrogens is 326 g/mol. The van der Waals surface area contributed by atoms with Crippen LogP contribution in [0.2, 0.25) is 5.02 Å². The molecule has 1 aliphatic rings. The highest BCUT2D eigenvalue weighted by molar-refractivity contribution is 9.10. The van der Waals surface area contributed by atoms with Crippen LogP contribution in [-0.2, 0) is 6.54 Å². The number of rotatable bonds is 5. The third-order valence-corrected chi connectivity index (χ3v) is 5.28. The monoisotopic (exact) mass is 345 g/mol. The van der Waals surface area contributed by atoms with Gasteiger partial charge in [-0.3, -0.25) is 0 Å². The number of benzene rings is 1. The van der Waals surface area contributed by atoms with Crippen LogP contribution in [-0.4, -0.2) is 18.3 Å². The van der Waals surface area contributed by atoms with E-state index >= 15 is 0 Å². The van der Waals surface area contributed by atoms with Gasteiger partial charge in [0.05, 0.1) is 5.02 Å². The highest BCUT2D eigenvalue weighted by Gasteiger charge is 2.30. The normalized spacial score (nSPS) is 18.5. The lowest BCUT2D eigenvalue weighted by Gasteiger charge is -2.35. The summed E-state index contributed by atoms with van der Waals surface area (Å²) in [6, 6.07) is 5.99. The molecule has 1 aliphatic carbocycles. The van der Waals surface area contributed by atoms with Gasteiger partial charge in [-0.1, -0.05) is 36.9 Å². The van der Waals surface area contributed by atoms with Gasteiger partial charge in [-0.15, -0.1) is 0 Å². The van der Waals surface area contributed by atoms with Crippen molar-refractivity contribution < 1.29 is 5.11 Å². The molecule has 0 aliphatic heterocycles. The zero-order chi connectivity index (χ0) is 13.7. The van der Waals surface area contributed by atoms with Gasteiger partial charge in [0.1, 0.15) is 0 Å². The first-order valence-corrected chi connectivity index (χ1v) is 8.08. The molecule has 0 unspecified atom stereocenters. The van der Waals surface area contributed by atoms with E-state index in [4.69, 9.17) is 11.6 Å². The van der Waals surface area contributed by atoms with Gasteiger partial charge < -0.3 is 10.4 Å². The smallest absolute Gasteiger partial charge is 0.0548 e. The Morgan fingerprint density at radius 3 is 2.63 bits per heavy atom. The highest BCUT2D eigenvalue weighted by atomic mass is 79.9. The number of aliphatic hydroxyl groups is 1. The molecule has 0 saturated heterocycles. The fourth-order valence-electron chi connectivity index (χ4n) is 2.81. The first-order valence-electron chi connectivity index (χ1n) is 6.91. The average molecular weight is 347 g/mol. The summed E-state index contributed by atoms with van der Waals surface area (Å²) in [4.78, 5) is 0. The van der Waals surface area contributed by atoms with Crippen LogP contribution in [0.5, 0.6) is 0 Å². The Labute approximate surface area is 128 Å². The van der Waals surface area contributed by atoms with Gasteiger partial charge in [-0.05, 0) is 46.5 Å². The van der Waals surface area contributed by atoms with Crippen molar-refractivity contribution in [3.63, 3.8) is 0 Å². The molecule has 0 heterocycles. The number of aliphatic hydroxyl groups excluding tert-OH is 1. The van der Waals surface area contributed by atoms with Crippen molar-refractivity contribution in [2.75, 3.05) is 13.2 Å². The summed E-state index contributed by atoms with van der Waals surface area (Å²) in [5.74, 6) is 0. The van der Waals surface area contributed by atoms with Crippen LogP contribution < -0.4 is 5.32 Å². The molecule has 0 spiro atoms. The third-order valence-electron chi connectivity index (χ3n) is 4.06. The fourth-order valence-corrected chi connectivity index (χ4v) is 3.36. The van der Waals surface area contributed by atoms with Gasteiger partial charge in [0.2, 0.25) is 0 Å². The molecule has 2 nitrogen and oxygen atoms in total. The van der Waals surface area contributed by atoms with Crippen molar-refractivity contribution in [3.05, 3.63) is 33.3 Å². The summed E-state index contributed by atoms with van der Waals surface area (Å²) in [6.07, 6.45) is 6.08. The minimum absolute atomic E-state index is 0.0991. The molecule has 106 valence electrons. The van der Waals surface area contributed by atoms with Crippen LogP contribution in [0.3, 0.4) is 0 Å². The molecule has 1 fully saturated rings. The van der Waals surface area contributed by atoms with Gasteiger partial charge in [0.15, 0.2) is 0 Å². The first kappa shape index (κ1) is 15.3. The average Bonchev–Trinajstić information content (AvgIpc) is 2.44. The van der Waals surface area contributed by atoms with Crippen LogP contribution in [0.25, 0.3) is 0 Å². The number of hydrogen-bond donors (Lipinski definition) is 2. The Morgan fingerprint density at radius 1 is 1.26 bits per heavy atom. The van der Waals surface area contributed by atoms with Crippen molar-refractivity contribution in [2.45, 2.75) is 38.6 Å². The molecule has 2 N–H and O–H groups in total. The predicted octanol–water partition coefficient (Wildman–Crippen LogP) is 4.13. The summed E-state index contributed by atoms with van der Waals surface area (Å²) in [6.45, 7) is 2.01. The zero-order valence-electron chi connectivity index (χ0n) is 11.1. The molecule has 0 atom stereocenters. The lowest BCUT2D eigenvalue weighted by molar-refractivity contribution is 0.0810. The van der Waals surface area contributed by atoms with Gasteiger partial charge in [-0.25, -0.2) is 0 Å². The van der Waals surface area contributed by atoms with Crippen molar-refractivity contribution in [3.8, 4) is 0 Å². The molecule has 4 heteroatoms. The molecule has 1 saturated carbocycles. The fraction of sp³-hybridized carbons (Fsp3) is 0.600. The maximum atomic E-state index is 9.65. The molecule has 0 aromatic heterocycles. The van der Waals surface area contributed by atoms with E-state index < -0.39 is 0 Å². The van der Waals surface area contributed by atoms with Crippen molar-refractivity contribution >= 4 is 27.5 Å². The SMILES string of the molecule is OCC1(CNCc2ccc(Cl)c(Br)c2)CCCCC1. The van der Waals surface area contributed by atoms with Crippen molar-refractivity contribution in [1.29, 1.82) is 0 Å². The second-order valence-electron chi connectivity index (χ2n) is 5.57. The molecular formula is C15H21BrClNO. The Balaban J connectivity index is 1.86. The van der Waals surface area contributed by atoms with Crippen LogP contribution in [0, 0.1) is 5.41 Å². The minimum Gasteiger partial charge on any atom is -0.396 e. The molecule has 0 bridgehead atoms. The second-order valence-corrected chi connectivity index (χ2v) is 6.83. The molecule has 1 aromatic carbocycles. The Bertz CT molecular complexity index is 419. The van der Waals surface area contributed by atoms with E-state index in [1.807, 2.05) is 18.2 Å². The molecule has 2 rings (SSSR count). The van der Waals surface area contributed by atoms with Crippen LogP contribution in [0.1, 0.15) is 37.7 Å². The summed E-state index contributed by atoms with van der Waals surface area (Å²) in [5, 5.41) is 13.9. The van der Waals surface area contributed by atoms with E-state index in [1.165, 1.54) is 24.8 Å². The van der Waals surface area contributed by atoms with Gasteiger partial charge in [-0.2, -0.15) is 0 Å². The molecule has 1 aromatic rings. The second kappa shape index (κ2) is 7.07. The summed E-state index contributed by atoms with van der Waals surface area (Å²) in [7, 11) is 0. The maximum Gasteiger partial charge on any atom is 0.0548 e. The summed E-state index contributed by atoms with van der Waals surface area (Å²) < 4.78 is 0.933. The topological polar surface area (TPSA) is 32.3 Å². The number of halogens is 2. The maximum absolute atomic E-state index is 9.65. The predicted molar refractivity (Wildman–Crippen MR) is 83.5 cm³/mol. The zero-order valence-corrected chi connectivity index (χ0v) is 13.4. The third kappa shape index (κ3) is 4.19. The first-order chi connectivity index (χ1) is 9.15. The quantitative estimate of drug-likeness (QED) is 0.840. The van der Waals surface area contributed by atoms with Gasteiger partial charge in [0.25, 0.3) is 0 Å². The molecule has 0 amide bonds. The standard InChI is InChI=1S/C15H21BrClNO/c16-13-8-12(4-5-14(13)17)9-18-10-15(11-19)6-2-1-3-7-15/h4-5,8,18-19H,1-3,6-7,9-11H2. The van der Waals surface area contributed by atoms with E-state index in [0.29, 0.717) is 6.61 Å². The molecule has 0 radical (unpaired) electrons. The molecule has 19 heavy (non-hydrogen) atoms. The number of nitrogens with one attached hydrogen (secondary N) is 1. The van der Waals surface area contributed by atoms with Crippen LogP contribution >= 0.6 is 27.5 Å². The van der Waals surface area contributed by atoms with Crippen molar-refractivity contribution in [2.24, 2.45) is 5.41 Å². The van der Waals surface area contributed by atoms with Crippen LogP contribution in [0.15, 0.2) is 22.7 Å². The Morgan fingerprint density at radius 2 is 2.00 bits per heavy atom. The summed E-state index contributed by atoms with van der Waals surface area (Å²) >= 11 is 9.42. The van der Waals surface area contributed by atoms with E-state index in [-0.39, 0.29) is 5.41 Å². The summed E-state index contributed by atoms with van der Waals surface area (Å²) in [5.41, 5.74) is 1.31. The van der Waals surface area contributed by atoms with Crippen molar-refractivity contribution in [1.82, 2.24) is 5.32 Å². The van der Waals surface area contributed by atoms with E-state index in [0.717, 1.165) is 35.4 Å². The lowest BCUT2D eigenvalue weighted by Crippen LogP contribution is -2.38.